The van der Waals surface area contributed by atoms with Gasteiger partial charge in [0.1, 0.15) is 11.9 Å². The van der Waals surface area contributed by atoms with Crippen LogP contribution in [0.1, 0.15) is 11.7 Å². The maximum atomic E-state index is 6.42. The van der Waals surface area contributed by atoms with Crippen LogP contribution in [-0.2, 0) is 6.54 Å². The first-order valence-corrected chi connectivity index (χ1v) is 8.99. The third-order valence-corrected chi connectivity index (χ3v) is 4.61. The number of rotatable bonds is 6. The second-order valence-corrected chi connectivity index (χ2v) is 6.72. The van der Waals surface area contributed by atoms with Gasteiger partial charge in [-0.15, -0.1) is 5.10 Å². The van der Waals surface area contributed by atoms with E-state index in [4.69, 9.17) is 27.9 Å². The van der Waals surface area contributed by atoms with Crippen LogP contribution < -0.4 is 4.74 Å². The summed E-state index contributed by atoms with van der Waals surface area (Å²) in [5, 5.41) is 8.94. The highest BCUT2D eigenvalue weighted by atomic mass is 35.5. The third-order valence-electron chi connectivity index (χ3n) is 4.05. The zero-order chi connectivity index (χ0) is 18.6. The van der Waals surface area contributed by atoms with E-state index in [9.17, 15) is 0 Å². The fourth-order valence-corrected chi connectivity index (χ4v) is 3.27. The molecule has 0 aliphatic carbocycles. The number of ether oxygens (including phenoxy) is 1. The van der Waals surface area contributed by atoms with Gasteiger partial charge >= 0.3 is 0 Å². The van der Waals surface area contributed by atoms with Gasteiger partial charge in [0, 0.05) is 28.0 Å². The minimum atomic E-state index is -0.304. The highest BCUT2D eigenvalue weighted by Gasteiger charge is 2.18. The van der Waals surface area contributed by atoms with Crippen molar-refractivity contribution in [3.05, 3.63) is 89.2 Å². The molecule has 4 rings (SSSR count). The minimum absolute atomic E-state index is 0.304. The molecule has 2 aromatic heterocycles. The van der Waals surface area contributed by atoms with Gasteiger partial charge in [-0.25, -0.2) is 9.67 Å². The maximum Gasteiger partial charge on any atom is 0.143 e. The van der Waals surface area contributed by atoms with Gasteiger partial charge in [0.05, 0.1) is 31.0 Å². The summed E-state index contributed by atoms with van der Waals surface area (Å²) in [5.41, 5.74) is 1.76. The van der Waals surface area contributed by atoms with Crippen LogP contribution in [0, 0.1) is 0 Å². The van der Waals surface area contributed by atoms with Gasteiger partial charge in [-0.05, 0) is 36.4 Å². The Morgan fingerprint density at radius 1 is 1.00 bits per heavy atom. The second-order valence-electron chi connectivity index (χ2n) is 5.87. The Bertz CT molecular complexity index is 1000. The van der Waals surface area contributed by atoms with Gasteiger partial charge in [-0.2, -0.15) is 0 Å². The summed E-state index contributed by atoms with van der Waals surface area (Å²) in [6, 6.07) is 13.0. The molecule has 0 aliphatic rings. The molecule has 0 aliphatic heterocycles. The van der Waals surface area contributed by atoms with Crippen LogP contribution in [0.15, 0.2) is 73.6 Å². The van der Waals surface area contributed by atoms with Crippen LogP contribution in [0.5, 0.6) is 5.75 Å². The molecule has 0 bridgehead atoms. The summed E-state index contributed by atoms with van der Waals surface area (Å²) in [4.78, 5) is 4.09. The number of nitrogens with zero attached hydrogens (tertiary/aromatic N) is 5. The third kappa shape index (κ3) is 4.13. The smallest absolute Gasteiger partial charge is 0.143 e. The Kier molecular flexibility index (Phi) is 5.09. The SMILES string of the molecule is Clc1ccc(C(Cn2ccnc2)Oc2ccc(-n3ccnn3)cc2)c(Cl)c1. The maximum absolute atomic E-state index is 6.42. The second kappa shape index (κ2) is 7.82. The fourth-order valence-electron chi connectivity index (χ4n) is 2.74. The number of halogens is 2. The van der Waals surface area contributed by atoms with E-state index in [0.29, 0.717) is 16.6 Å². The average Bonchev–Trinajstić information content (AvgIpc) is 3.36. The molecule has 2 heterocycles. The fraction of sp³-hybridized carbons (Fsp3) is 0.105. The summed E-state index contributed by atoms with van der Waals surface area (Å²) in [7, 11) is 0. The normalized spacial score (nSPS) is 12.1. The molecule has 2 aromatic carbocycles. The van der Waals surface area contributed by atoms with Gasteiger partial charge in [0.25, 0.3) is 0 Å². The van der Waals surface area contributed by atoms with Crippen molar-refractivity contribution in [2.45, 2.75) is 12.6 Å². The van der Waals surface area contributed by atoms with Crippen molar-refractivity contribution in [2.24, 2.45) is 0 Å². The Balaban J connectivity index is 1.60. The lowest BCUT2D eigenvalue weighted by Crippen LogP contribution is -2.15. The molecule has 4 aromatic rings. The Morgan fingerprint density at radius 2 is 1.85 bits per heavy atom. The van der Waals surface area contributed by atoms with Gasteiger partial charge in [-0.1, -0.05) is 34.5 Å². The van der Waals surface area contributed by atoms with Crippen LogP contribution in [0.2, 0.25) is 10.0 Å². The largest absolute Gasteiger partial charge is 0.484 e. The molecule has 1 atom stereocenters. The van der Waals surface area contributed by atoms with E-state index in [1.807, 2.05) is 41.1 Å². The molecule has 0 spiro atoms. The molecule has 0 saturated carbocycles. The summed E-state index contributed by atoms with van der Waals surface area (Å²) in [6.45, 7) is 0.562. The Labute approximate surface area is 165 Å². The lowest BCUT2D eigenvalue weighted by atomic mass is 10.1. The highest BCUT2D eigenvalue weighted by Crippen LogP contribution is 2.31. The lowest BCUT2D eigenvalue weighted by Gasteiger charge is -2.21. The molecule has 8 heteroatoms. The van der Waals surface area contributed by atoms with Crippen molar-refractivity contribution in [2.75, 3.05) is 0 Å². The van der Waals surface area contributed by atoms with E-state index in [1.54, 1.807) is 41.7 Å². The lowest BCUT2D eigenvalue weighted by molar-refractivity contribution is 0.183. The van der Waals surface area contributed by atoms with Crippen molar-refractivity contribution in [1.29, 1.82) is 0 Å². The number of benzene rings is 2. The summed E-state index contributed by atoms with van der Waals surface area (Å²) in [5.74, 6) is 0.718. The van der Waals surface area contributed by atoms with Crippen molar-refractivity contribution >= 4 is 23.2 Å². The molecule has 0 amide bonds. The van der Waals surface area contributed by atoms with E-state index >= 15 is 0 Å². The van der Waals surface area contributed by atoms with Gasteiger partial charge in [0.15, 0.2) is 0 Å². The summed E-state index contributed by atoms with van der Waals surface area (Å²) >= 11 is 12.5. The van der Waals surface area contributed by atoms with E-state index in [-0.39, 0.29) is 6.10 Å². The van der Waals surface area contributed by atoms with E-state index in [2.05, 4.69) is 15.3 Å². The van der Waals surface area contributed by atoms with Crippen LogP contribution in [0.25, 0.3) is 5.69 Å². The van der Waals surface area contributed by atoms with E-state index in [1.165, 1.54) is 0 Å². The zero-order valence-corrected chi connectivity index (χ0v) is 15.6. The molecule has 136 valence electrons. The van der Waals surface area contributed by atoms with Gasteiger partial charge in [-0.3, -0.25) is 0 Å². The Morgan fingerprint density at radius 3 is 2.52 bits per heavy atom. The van der Waals surface area contributed by atoms with Crippen LogP contribution in [0.3, 0.4) is 0 Å². The number of aromatic nitrogens is 5. The minimum Gasteiger partial charge on any atom is -0.484 e. The van der Waals surface area contributed by atoms with Gasteiger partial charge in [0.2, 0.25) is 0 Å². The predicted octanol–water partition coefficient (Wildman–Crippen LogP) is 4.59. The first-order valence-electron chi connectivity index (χ1n) is 8.23. The molecule has 6 nitrogen and oxygen atoms in total. The first-order chi connectivity index (χ1) is 13.2. The van der Waals surface area contributed by atoms with Crippen molar-refractivity contribution in [3.8, 4) is 11.4 Å². The molecule has 0 fully saturated rings. The monoisotopic (exact) mass is 399 g/mol. The van der Waals surface area contributed by atoms with E-state index in [0.717, 1.165) is 17.0 Å². The average molecular weight is 400 g/mol. The molecule has 0 saturated heterocycles. The number of hydrogen-bond acceptors (Lipinski definition) is 4. The topological polar surface area (TPSA) is 57.8 Å². The number of imidazole rings is 1. The van der Waals surface area contributed by atoms with E-state index < -0.39 is 0 Å². The highest BCUT2D eigenvalue weighted by molar-refractivity contribution is 6.35. The molecular formula is C19H15Cl2N5O. The van der Waals surface area contributed by atoms with Crippen LogP contribution in [0.4, 0.5) is 0 Å². The molecular weight excluding hydrogens is 385 g/mol. The van der Waals surface area contributed by atoms with Crippen molar-refractivity contribution in [3.63, 3.8) is 0 Å². The quantitative estimate of drug-likeness (QED) is 0.475. The standard InChI is InChI=1S/C19H15Cl2N5O/c20-14-1-6-17(18(21)11-14)19(12-25-9-7-22-13-25)27-16-4-2-15(3-5-16)26-10-8-23-24-26/h1-11,13,19H,12H2. The molecule has 0 N–H and O–H groups in total. The van der Waals surface area contributed by atoms with Crippen molar-refractivity contribution in [1.82, 2.24) is 24.5 Å². The number of hydrogen-bond donors (Lipinski definition) is 0. The van der Waals surface area contributed by atoms with Gasteiger partial charge < -0.3 is 9.30 Å². The predicted molar refractivity (Wildman–Crippen MR) is 103 cm³/mol. The van der Waals surface area contributed by atoms with Crippen molar-refractivity contribution < 1.29 is 4.74 Å². The zero-order valence-electron chi connectivity index (χ0n) is 14.1. The molecule has 27 heavy (non-hydrogen) atoms. The molecule has 1 unspecified atom stereocenters. The van der Waals surface area contributed by atoms with Crippen LogP contribution >= 0.6 is 23.2 Å². The summed E-state index contributed by atoms with van der Waals surface area (Å²) in [6.07, 6.45) is 8.47. The summed E-state index contributed by atoms with van der Waals surface area (Å²) < 4.78 is 9.87. The first kappa shape index (κ1) is 17.6. The molecule has 0 radical (unpaired) electrons. The van der Waals surface area contributed by atoms with Crippen LogP contribution in [-0.4, -0.2) is 24.5 Å². The Hall–Kier alpha value is -2.83.